The van der Waals surface area contributed by atoms with E-state index in [0.717, 1.165) is 0 Å². The van der Waals surface area contributed by atoms with Gasteiger partial charge in [-0.15, -0.1) is 0 Å². The minimum atomic E-state index is -3.18. The average molecular weight is 210 g/mol. The number of unbranched alkanes of at least 4 members (excludes halogenated alkanes) is 1. The Hall–Kier alpha value is -0.170. The highest BCUT2D eigenvalue weighted by Crippen LogP contribution is 2.01. The van der Waals surface area contributed by atoms with Gasteiger partial charge in [-0.2, -0.15) is 0 Å². The van der Waals surface area contributed by atoms with E-state index in [-0.39, 0.29) is 18.9 Å². The van der Waals surface area contributed by atoms with Crippen molar-refractivity contribution in [3.8, 4) is 0 Å². The number of hydrogen-bond acceptors (Lipinski definition) is 4. The topological polar surface area (TPSA) is 83.6 Å². The van der Waals surface area contributed by atoms with Gasteiger partial charge in [0.15, 0.2) is 0 Å². The van der Waals surface area contributed by atoms with Gasteiger partial charge in [0.1, 0.15) is 0 Å². The number of nitrogens with two attached hydrogens (primary N) is 1. The molecule has 0 aromatic carbocycles. The van der Waals surface area contributed by atoms with Gasteiger partial charge in [0.2, 0.25) is 10.0 Å². The lowest BCUT2D eigenvalue weighted by molar-refractivity contribution is 0.266. The minimum absolute atomic E-state index is 0.112. The van der Waals surface area contributed by atoms with Crippen molar-refractivity contribution in [2.75, 3.05) is 32.5 Å². The first kappa shape index (κ1) is 12.8. The highest BCUT2D eigenvalue weighted by atomic mass is 32.2. The largest absolute Gasteiger partial charge is 0.395 e. The first-order valence-corrected chi connectivity index (χ1v) is 5.90. The van der Waals surface area contributed by atoms with Crippen LogP contribution in [0.2, 0.25) is 0 Å². The first-order chi connectivity index (χ1) is 6.04. The molecule has 6 heteroatoms. The standard InChI is InChI=1S/C7H18N2O3S/c1-9(5-6-10)13(11,12)7-3-2-4-8/h10H,2-8H2,1H3. The van der Waals surface area contributed by atoms with Crippen LogP contribution in [0.15, 0.2) is 0 Å². The predicted molar refractivity (Wildman–Crippen MR) is 51.8 cm³/mol. The fourth-order valence-electron chi connectivity index (χ4n) is 0.865. The fraction of sp³-hybridized carbons (Fsp3) is 1.00. The highest BCUT2D eigenvalue weighted by molar-refractivity contribution is 7.89. The molecule has 3 N–H and O–H groups in total. The van der Waals surface area contributed by atoms with Crippen LogP contribution in [0.4, 0.5) is 0 Å². The Morgan fingerprint density at radius 3 is 2.46 bits per heavy atom. The van der Waals surface area contributed by atoms with Crippen LogP contribution >= 0.6 is 0 Å². The molecule has 0 aliphatic heterocycles. The summed E-state index contributed by atoms with van der Waals surface area (Å²) in [6.45, 7) is 0.525. The van der Waals surface area contributed by atoms with E-state index >= 15 is 0 Å². The molecule has 0 saturated carbocycles. The van der Waals surface area contributed by atoms with Gasteiger partial charge in [0.05, 0.1) is 12.4 Å². The second-order valence-electron chi connectivity index (χ2n) is 2.86. The molecular formula is C7H18N2O3S. The Morgan fingerprint density at radius 1 is 1.38 bits per heavy atom. The maximum atomic E-state index is 11.4. The van der Waals surface area contributed by atoms with Crippen LogP contribution in [-0.2, 0) is 10.0 Å². The van der Waals surface area contributed by atoms with Crippen molar-refractivity contribution in [1.29, 1.82) is 0 Å². The third-order valence-corrected chi connectivity index (χ3v) is 3.68. The molecule has 5 nitrogen and oxygen atoms in total. The molecule has 80 valence electrons. The molecular weight excluding hydrogens is 192 g/mol. The lowest BCUT2D eigenvalue weighted by atomic mass is 10.3. The summed E-state index contributed by atoms with van der Waals surface area (Å²) < 4.78 is 23.9. The summed E-state index contributed by atoms with van der Waals surface area (Å²) >= 11 is 0. The van der Waals surface area contributed by atoms with E-state index in [1.54, 1.807) is 0 Å². The van der Waals surface area contributed by atoms with Crippen LogP contribution < -0.4 is 5.73 Å². The van der Waals surface area contributed by atoms with Gasteiger partial charge < -0.3 is 10.8 Å². The molecule has 0 aliphatic carbocycles. The third kappa shape index (κ3) is 5.20. The van der Waals surface area contributed by atoms with Crippen molar-refractivity contribution in [2.45, 2.75) is 12.8 Å². The summed E-state index contributed by atoms with van der Waals surface area (Å²) in [7, 11) is -1.71. The zero-order valence-corrected chi connectivity index (χ0v) is 8.76. The second-order valence-corrected chi connectivity index (χ2v) is 5.05. The van der Waals surface area contributed by atoms with Gasteiger partial charge in [0.25, 0.3) is 0 Å². The van der Waals surface area contributed by atoms with Gasteiger partial charge >= 0.3 is 0 Å². The number of aliphatic hydroxyl groups is 1. The maximum Gasteiger partial charge on any atom is 0.213 e. The van der Waals surface area contributed by atoms with Crippen molar-refractivity contribution >= 4 is 10.0 Å². The van der Waals surface area contributed by atoms with Gasteiger partial charge in [-0.05, 0) is 19.4 Å². The Morgan fingerprint density at radius 2 is 2.00 bits per heavy atom. The quantitative estimate of drug-likeness (QED) is 0.527. The number of aliphatic hydroxyl groups excluding tert-OH is 1. The van der Waals surface area contributed by atoms with Crippen molar-refractivity contribution < 1.29 is 13.5 Å². The third-order valence-electron chi connectivity index (χ3n) is 1.75. The molecule has 0 aromatic rings. The molecule has 0 aromatic heterocycles. The van der Waals surface area contributed by atoms with Crippen molar-refractivity contribution in [3.63, 3.8) is 0 Å². The van der Waals surface area contributed by atoms with Crippen LogP contribution in [-0.4, -0.2) is 50.3 Å². The van der Waals surface area contributed by atoms with E-state index in [9.17, 15) is 8.42 Å². The second kappa shape index (κ2) is 6.31. The van der Waals surface area contributed by atoms with Crippen LogP contribution in [0, 0.1) is 0 Å². The van der Waals surface area contributed by atoms with E-state index in [1.807, 2.05) is 0 Å². The van der Waals surface area contributed by atoms with E-state index in [1.165, 1.54) is 11.4 Å². The summed E-state index contributed by atoms with van der Waals surface area (Å²) in [5.41, 5.74) is 5.24. The van der Waals surface area contributed by atoms with E-state index in [0.29, 0.717) is 19.4 Å². The van der Waals surface area contributed by atoms with E-state index in [4.69, 9.17) is 10.8 Å². The van der Waals surface area contributed by atoms with Crippen LogP contribution in [0.1, 0.15) is 12.8 Å². The van der Waals surface area contributed by atoms with Crippen LogP contribution in [0.25, 0.3) is 0 Å². The zero-order chi connectivity index (χ0) is 10.3. The lowest BCUT2D eigenvalue weighted by Crippen LogP contribution is -2.31. The van der Waals surface area contributed by atoms with Crippen molar-refractivity contribution in [2.24, 2.45) is 5.73 Å². The minimum Gasteiger partial charge on any atom is -0.395 e. The van der Waals surface area contributed by atoms with Gasteiger partial charge in [-0.3, -0.25) is 0 Å². The summed E-state index contributed by atoms with van der Waals surface area (Å²) in [4.78, 5) is 0. The lowest BCUT2D eigenvalue weighted by Gasteiger charge is -2.15. The summed E-state index contributed by atoms with van der Waals surface area (Å²) in [6, 6.07) is 0. The molecule has 0 saturated heterocycles. The Kier molecular flexibility index (Phi) is 6.23. The molecule has 0 bridgehead atoms. The predicted octanol–water partition coefficient (Wildman–Crippen LogP) is -1.02. The van der Waals surface area contributed by atoms with E-state index in [2.05, 4.69) is 0 Å². The average Bonchev–Trinajstić information content (AvgIpc) is 2.05. The smallest absolute Gasteiger partial charge is 0.213 e. The van der Waals surface area contributed by atoms with Crippen molar-refractivity contribution in [3.05, 3.63) is 0 Å². The Balaban J connectivity index is 3.92. The fourth-order valence-corrected chi connectivity index (χ4v) is 2.10. The van der Waals surface area contributed by atoms with Gasteiger partial charge in [0, 0.05) is 13.6 Å². The number of hydrogen-bond donors (Lipinski definition) is 2. The van der Waals surface area contributed by atoms with Gasteiger partial charge in [-0.1, -0.05) is 0 Å². The number of nitrogens with zero attached hydrogens (tertiary/aromatic N) is 1. The maximum absolute atomic E-state index is 11.4. The Labute approximate surface area is 79.6 Å². The molecule has 0 radical (unpaired) electrons. The molecule has 0 aliphatic rings. The molecule has 0 atom stereocenters. The molecule has 0 rings (SSSR count). The number of sulfonamides is 1. The SMILES string of the molecule is CN(CCO)S(=O)(=O)CCCCN. The first-order valence-electron chi connectivity index (χ1n) is 4.29. The normalized spacial score (nSPS) is 12.3. The molecule has 0 spiro atoms. The molecule has 0 fully saturated rings. The van der Waals surface area contributed by atoms with E-state index < -0.39 is 10.0 Å². The number of likely N-dealkylation sites (N-methyl/N-ethyl adjacent to an activating group) is 1. The highest BCUT2D eigenvalue weighted by Gasteiger charge is 2.15. The molecule has 0 amide bonds. The van der Waals surface area contributed by atoms with Crippen LogP contribution in [0.5, 0.6) is 0 Å². The Bertz CT molecular complexity index is 216. The summed E-state index contributed by atoms with van der Waals surface area (Å²) in [6.07, 6.45) is 1.29. The number of rotatable bonds is 7. The summed E-state index contributed by atoms with van der Waals surface area (Å²) in [5, 5.41) is 8.55. The monoisotopic (exact) mass is 210 g/mol. The molecule has 0 unspecified atom stereocenters. The summed E-state index contributed by atoms with van der Waals surface area (Å²) in [5.74, 6) is 0.112. The molecule has 0 heterocycles. The van der Waals surface area contributed by atoms with Crippen molar-refractivity contribution in [1.82, 2.24) is 4.31 Å². The van der Waals surface area contributed by atoms with Gasteiger partial charge in [-0.25, -0.2) is 12.7 Å². The van der Waals surface area contributed by atoms with Crippen LogP contribution in [0.3, 0.4) is 0 Å². The molecule has 13 heavy (non-hydrogen) atoms. The zero-order valence-electron chi connectivity index (χ0n) is 7.94.